The third-order valence-corrected chi connectivity index (χ3v) is 4.06. The van der Waals surface area contributed by atoms with E-state index < -0.39 is 10.0 Å². The monoisotopic (exact) mass is 308 g/mol. The molecule has 0 saturated carbocycles. The average Bonchev–Trinajstić information content (AvgIpc) is 2.28. The van der Waals surface area contributed by atoms with Crippen LogP contribution in [0.2, 0.25) is 0 Å². The smallest absolute Gasteiger partial charge is 0.240 e. The first-order valence-electron chi connectivity index (χ1n) is 5.77. The first-order chi connectivity index (χ1) is 8.42. The summed E-state index contributed by atoms with van der Waals surface area (Å²) in [5.41, 5.74) is 6.94. The van der Waals surface area contributed by atoms with E-state index >= 15 is 0 Å². The van der Waals surface area contributed by atoms with E-state index in [1.807, 2.05) is 13.8 Å². The number of rotatable bonds is 6. The van der Waals surface area contributed by atoms with Crippen LogP contribution in [0.15, 0.2) is 17.0 Å². The number of nitrogens with one attached hydrogen (secondary N) is 1. The molecule has 5 nitrogen and oxygen atoms in total. The fraction of sp³-hybridized carbons (Fsp3) is 0.500. The quantitative estimate of drug-likeness (QED) is 0.778. The van der Waals surface area contributed by atoms with E-state index in [9.17, 15) is 8.42 Å². The summed E-state index contributed by atoms with van der Waals surface area (Å²) in [6.07, 6.45) is 0.618. The molecule has 3 N–H and O–H groups in total. The number of methoxy groups -OCH3 is 1. The molecular formula is C12H21ClN2O3S. The van der Waals surface area contributed by atoms with Crippen molar-refractivity contribution in [1.82, 2.24) is 4.72 Å². The standard InChI is InChI=1S/C12H20N2O3S.ClH/c1-9-7-11(8-10(2)12(9)17-3)18(15,16)14-6-4-5-13;/h7-8,14H,4-6,13H2,1-3H3;1H. The first kappa shape index (κ1) is 18.2. The van der Waals surface area contributed by atoms with Crippen LogP contribution in [0.4, 0.5) is 0 Å². The molecule has 0 bridgehead atoms. The zero-order chi connectivity index (χ0) is 13.8. The number of hydrogen-bond donors (Lipinski definition) is 2. The Hall–Kier alpha value is -0.820. The Balaban J connectivity index is 0.00000324. The second-order valence-electron chi connectivity index (χ2n) is 4.13. The van der Waals surface area contributed by atoms with Crippen LogP contribution in [0.5, 0.6) is 5.75 Å². The summed E-state index contributed by atoms with van der Waals surface area (Å²) >= 11 is 0. The molecule has 0 aliphatic rings. The molecule has 0 heterocycles. The van der Waals surface area contributed by atoms with Crippen LogP contribution in [0.25, 0.3) is 0 Å². The highest BCUT2D eigenvalue weighted by molar-refractivity contribution is 7.89. The Labute approximate surface area is 121 Å². The van der Waals surface area contributed by atoms with Crippen LogP contribution in [0.3, 0.4) is 0 Å². The van der Waals surface area contributed by atoms with Gasteiger partial charge >= 0.3 is 0 Å². The Morgan fingerprint density at radius 3 is 2.21 bits per heavy atom. The molecule has 0 radical (unpaired) electrons. The molecule has 0 amide bonds. The van der Waals surface area contributed by atoms with Gasteiger partial charge in [0.05, 0.1) is 12.0 Å². The van der Waals surface area contributed by atoms with E-state index in [-0.39, 0.29) is 17.3 Å². The maximum atomic E-state index is 12.0. The predicted molar refractivity (Wildman–Crippen MR) is 78.6 cm³/mol. The summed E-state index contributed by atoms with van der Waals surface area (Å²) in [6.45, 7) is 4.46. The van der Waals surface area contributed by atoms with Crippen molar-refractivity contribution in [3.63, 3.8) is 0 Å². The zero-order valence-electron chi connectivity index (χ0n) is 11.4. The summed E-state index contributed by atoms with van der Waals surface area (Å²) < 4.78 is 31.8. The van der Waals surface area contributed by atoms with E-state index in [4.69, 9.17) is 10.5 Å². The lowest BCUT2D eigenvalue weighted by Gasteiger charge is -2.12. The lowest BCUT2D eigenvalue weighted by Crippen LogP contribution is -2.26. The minimum Gasteiger partial charge on any atom is -0.496 e. The highest BCUT2D eigenvalue weighted by atomic mass is 35.5. The van der Waals surface area contributed by atoms with Gasteiger partial charge in [-0.25, -0.2) is 13.1 Å². The molecule has 0 aliphatic heterocycles. The van der Waals surface area contributed by atoms with Crippen molar-refractivity contribution in [2.24, 2.45) is 5.73 Å². The van der Waals surface area contributed by atoms with Gasteiger partial charge in [0.1, 0.15) is 5.75 Å². The third-order valence-electron chi connectivity index (χ3n) is 2.62. The topological polar surface area (TPSA) is 81.4 Å². The maximum absolute atomic E-state index is 12.0. The highest BCUT2D eigenvalue weighted by Crippen LogP contribution is 2.26. The van der Waals surface area contributed by atoms with Gasteiger partial charge < -0.3 is 10.5 Å². The molecular weight excluding hydrogens is 288 g/mol. The highest BCUT2D eigenvalue weighted by Gasteiger charge is 2.16. The molecule has 1 aromatic carbocycles. The lowest BCUT2D eigenvalue weighted by atomic mass is 10.1. The van der Waals surface area contributed by atoms with Gasteiger partial charge in [0, 0.05) is 6.54 Å². The molecule has 0 spiro atoms. The molecule has 0 atom stereocenters. The fourth-order valence-electron chi connectivity index (χ4n) is 1.78. The van der Waals surface area contributed by atoms with Gasteiger partial charge in [0.25, 0.3) is 0 Å². The molecule has 1 aromatic rings. The molecule has 7 heteroatoms. The second kappa shape index (κ2) is 7.69. The molecule has 0 fully saturated rings. The summed E-state index contributed by atoms with van der Waals surface area (Å²) in [7, 11) is -1.89. The van der Waals surface area contributed by atoms with E-state index in [0.29, 0.717) is 19.5 Å². The van der Waals surface area contributed by atoms with Crippen molar-refractivity contribution in [2.45, 2.75) is 25.2 Å². The molecule has 0 aromatic heterocycles. The van der Waals surface area contributed by atoms with Crippen LogP contribution in [0.1, 0.15) is 17.5 Å². The van der Waals surface area contributed by atoms with Crippen molar-refractivity contribution < 1.29 is 13.2 Å². The van der Waals surface area contributed by atoms with E-state index in [2.05, 4.69) is 4.72 Å². The van der Waals surface area contributed by atoms with Gasteiger partial charge in [0.15, 0.2) is 0 Å². The van der Waals surface area contributed by atoms with Gasteiger partial charge in [-0.05, 0) is 50.1 Å². The van der Waals surface area contributed by atoms with Gasteiger partial charge in [-0.1, -0.05) is 0 Å². The Morgan fingerprint density at radius 1 is 1.26 bits per heavy atom. The molecule has 0 unspecified atom stereocenters. The van der Waals surface area contributed by atoms with Crippen molar-refractivity contribution in [3.05, 3.63) is 23.3 Å². The molecule has 0 saturated heterocycles. The number of sulfonamides is 1. The van der Waals surface area contributed by atoms with E-state index in [1.165, 1.54) is 0 Å². The molecule has 1 rings (SSSR count). The number of ether oxygens (including phenoxy) is 1. The van der Waals surface area contributed by atoms with Gasteiger partial charge in [-0.2, -0.15) is 0 Å². The predicted octanol–water partition coefficient (Wildman–Crippen LogP) is 1.36. The van der Waals surface area contributed by atoms with E-state index in [0.717, 1.165) is 16.9 Å². The zero-order valence-corrected chi connectivity index (χ0v) is 13.0. The lowest BCUT2D eigenvalue weighted by molar-refractivity contribution is 0.408. The van der Waals surface area contributed by atoms with Gasteiger partial charge in [-0.15, -0.1) is 12.4 Å². The molecule has 19 heavy (non-hydrogen) atoms. The SMILES string of the molecule is COc1c(C)cc(S(=O)(=O)NCCCN)cc1C.Cl. The first-order valence-corrected chi connectivity index (χ1v) is 7.25. The summed E-state index contributed by atoms with van der Waals surface area (Å²) in [6, 6.07) is 3.22. The van der Waals surface area contributed by atoms with Crippen LogP contribution in [-0.4, -0.2) is 28.6 Å². The number of halogens is 1. The third kappa shape index (κ3) is 4.65. The largest absolute Gasteiger partial charge is 0.496 e. The van der Waals surface area contributed by atoms with Crippen LogP contribution in [0, 0.1) is 13.8 Å². The summed E-state index contributed by atoms with van der Waals surface area (Å²) in [5.74, 6) is 0.718. The van der Waals surface area contributed by atoms with Crippen LogP contribution >= 0.6 is 12.4 Å². The minimum absolute atomic E-state index is 0. The summed E-state index contributed by atoms with van der Waals surface area (Å²) in [5, 5.41) is 0. The second-order valence-corrected chi connectivity index (χ2v) is 5.90. The van der Waals surface area contributed by atoms with Crippen LogP contribution in [-0.2, 0) is 10.0 Å². The Morgan fingerprint density at radius 2 is 1.79 bits per heavy atom. The average molecular weight is 309 g/mol. The fourth-order valence-corrected chi connectivity index (χ4v) is 3.02. The van der Waals surface area contributed by atoms with Crippen molar-refractivity contribution in [3.8, 4) is 5.75 Å². The van der Waals surface area contributed by atoms with Crippen molar-refractivity contribution >= 4 is 22.4 Å². The minimum atomic E-state index is -3.46. The number of aryl methyl sites for hydroxylation is 2. The Kier molecular flexibility index (Phi) is 7.36. The number of hydrogen-bond acceptors (Lipinski definition) is 4. The molecule has 110 valence electrons. The number of nitrogens with two attached hydrogens (primary N) is 1. The Bertz CT molecular complexity index is 495. The van der Waals surface area contributed by atoms with Crippen LogP contribution < -0.4 is 15.2 Å². The molecule has 0 aliphatic carbocycles. The van der Waals surface area contributed by atoms with Crippen molar-refractivity contribution in [2.75, 3.05) is 20.2 Å². The van der Waals surface area contributed by atoms with Gasteiger partial charge in [0.2, 0.25) is 10.0 Å². The van der Waals surface area contributed by atoms with Crippen molar-refractivity contribution in [1.29, 1.82) is 0 Å². The summed E-state index contributed by atoms with van der Waals surface area (Å²) in [4.78, 5) is 0.260. The number of benzene rings is 1. The van der Waals surface area contributed by atoms with Gasteiger partial charge in [-0.3, -0.25) is 0 Å². The van der Waals surface area contributed by atoms with E-state index in [1.54, 1.807) is 19.2 Å². The maximum Gasteiger partial charge on any atom is 0.240 e. The normalized spacial score (nSPS) is 10.9.